The van der Waals surface area contributed by atoms with E-state index in [-0.39, 0.29) is 0 Å². The van der Waals surface area contributed by atoms with E-state index in [0.29, 0.717) is 5.11 Å². The van der Waals surface area contributed by atoms with Crippen molar-refractivity contribution in [1.29, 1.82) is 0 Å². The van der Waals surface area contributed by atoms with Crippen LogP contribution in [0.4, 0.5) is 0 Å². The highest BCUT2D eigenvalue weighted by Crippen LogP contribution is 2.20. The summed E-state index contributed by atoms with van der Waals surface area (Å²) in [6.07, 6.45) is 3.68. The molecule has 6 heteroatoms. The fourth-order valence-corrected chi connectivity index (χ4v) is 2.19. The summed E-state index contributed by atoms with van der Waals surface area (Å²) in [4.78, 5) is 0. The second kappa shape index (κ2) is 7.24. The van der Waals surface area contributed by atoms with Crippen LogP contribution < -0.4 is 10.7 Å². The molecule has 0 spiro atoms. The van der Waals surface area contributed by atoms with Gasteiger partial charge in [-0.25, -0.2) is 0 Å². The van der Waals surface area contributed by atoms with Gasteiger partial charge >= 0.3 is 0 Å². The standard InChI is InChI=1S/C15H17ClN4S/c1-3-17-15(21)19-18-10-13-5-4-8-20(13)12-7-6-11(2)14(16)9-12/h4-10H,3H2,1-2H3,(H2,17,19,21). The summed E-state index contributed by atoms with van der Waals surface area (Å²) < 4.78 is 2.01. The topological polar surface area (TPSA) is 41.4 Å². The van der Waals surface area contributed by atoms with E-state index >= 15 is 0 Å². The van der Waals surface area contributed by atoms with Crippen LogP contribution in [0.3, 0.4) is 0 Å². The van der Waals surface area contributed by atoms with E-state index < -0.39 is 0 Å². The summed E-state index contributed by atoms with van der Waals surface area (Å²) in [5, 5.41) is 8.34. The van der Waals surface area contributed by atoms with Crippen molar-refractivity contribution in [2.45, 2.75) is 13.8 Å². The number of hydrazone groups is 1. The third-order valence-electron chi connectivity index (χ3n) is 2.91. The van der Waals surface area contributed by atoms with E-state index in [2.05, 4.69) is 15.8 Å². The van der Waals surface area contributed by atoms with Gasteiger partial charge in [0, 0.05) is 23.5 Å². The van der Waals surface area contributed by atoms with E-state index in [1.165, 1.54) is 0 Å². The average molecular weight is 321 g/mol. The number of aryl methyl sites for hydroxylation is 1. The number of nitrogens with one attached hydrogen (secondary N) is 2. The van der Waals surface area contributed by atoms with Crippen LogP contribution in [0.25, 0.3) is 5.69 Å². The van der Waals surface area contributed by atoms with Crippen LogP contribution in [-0.4, -0.2) is 22.4 Å². The smallest absolute Gasteiger partial charge is 0.186 e. The molecule has 0 amide bonds. The Morgan fingerprint density at radius 2 is 2.24 bits per heavy atom. The molecular weight excluding hydrogens is 304 g/mol. The molecule has 1 aromatic heterocycles. The summed E-state index contributed by atoms with van der Waals surface area (Å²) in [5.74, 6) is 0. The summed E-state index contributed by atoms with van der Waals surface area (Å²) in [6.45, 7) is 4.72. The van der Waals surface area contributed by atoms with Gasteiger partial charge in [0.1, 0.15) is 0 Å². The SMILES string of the molecule is CCNC(=S)NN=Cc1cccn1-c1ccc(C)c(Cl)c1. The first-order valence-corrected chi connectivity index (χ1v) is 7.41. The molecule has 1 aromatic carbocycles. The van der Waals surface area contributed by atoms with E-state index in [0.717, 1.165) is 28.5 Å². The van der Waals surface area contributed by atoms with Crippen molar-refractivity contribution in [2.24, 2.45) is 5.10 Å². The molecule has 0 saturated carbocycles. The molecule has 0 aliphatic carbocycles. The molecule has 0 bridgehead atoms. The van der Waals surface area contributed by atoms with E-state index in [1.807, 2.05) is 54.9 Å². The Hall–Kier alpha value is -1.85. The van der Waals surface area contributed by atoms with Gasteiger partial charge < -0.3 is 9.88 Å². The van der Waals surface area contributed by atoms with Gasteiger partial charge in [0.05, 0.1) is 11.9 Å². The van der Waals surface area contributed by atoms with Gasteiger partial charge in [-0.3, -0.25) is 5.43 Å². The molecule has 0 atom stereocenters. The molecule has 0 saturated heterocycles. The fourth-order valence-electron chi connectivity index (χ4n) is 1.82. The van der Waals surface area contributed by atoms with Crippen LogP contribution in [0, 0.1) is 6.92 Å². The molecule has 1 heterocycles. The molecule has 4 nitrogen and oxygen atoms in total. The van der Waals surface area contributed by atoms with Crippen molar-refractivity contribution >= 4 is 35.1 Å². The third-order valence-corrected chi connectivity index (χ3v) is 3.56. The van der Waals surface area contributed by atoms with Crippen LogP contribution in [0.15, 0.2) is 41.6 Å². The predicted octanol–water partition coefficient (Wildman–Crippen LogP) is 3.26. The highest BCUT2D eigenvalue weighted by atomic mass is 35.5. The number of rotatable bonds is 4. The van der Waals surface area contributed by atoms with Crippen LogP contribution in [0.5, 0.6) is 0 Å². The fraction of sp³-hybridized carbons (Fsp3) is 0.200. The Morgan fingerprint density at radius 1 is 1.43 bits per heavy atom. The molecule has 0 aliphatic heterocycles. The maximum atomic E-state index is 6.18. The van der Waals surface area contributed by atoms with Gasteiger partial charge in [0.15, 0.2) is 5.11 Å². The number of aromatic nitrogens is 1. The lowest BCUT2D eigenvalue weighted by Gasteiger charge is -2.08. The lowest BCUT2D eigenvalue weighted by molar-refractivity contribution is 0.902. The molecule has 0 radical (unpaired) electrons. The van der Waals surface area contributed by atoms with Gasteiger partial charge in [-0.05, 0) is 55.9 Å². The minimum atomic E-state index is 0.505. The number of thiocarbonyl (C=S) groups is 1. The zero-order chi connectivity index (χ0) is 15.2. The van der Waals surface area contributed by atoms with Crippen molar-refractivity contribution in [1.82, 2.24) is 15.3 Å². The highest BCUT2D eigenvalue weighted by molar-refractivity contribution is 7.80. The summed E-state index contributed by atoms with van der Waals surface area (Å²) in [6, 6.07) is 9.88. The van der Waals surface area contributed by atoms with Crippen molar-refractivity contribution < 1.29 is 0 Å². The molecule has 2 rings (SSSR count). The van der Waals surface area contributed by atoms with E-state index in [4.69, 9.17) is 23.8 Å². The van der Waals surface area contributed by atoms with Crippen LogP contribution in [-0.2, 0) is 0 Å². The van der Waals surface area contributed by atoms with Gasteiger partial charge in [-0.2, -0.15) is 5.10 Å². The zero-order valence-corrected chi connectivity index (χ0v) is 13.5. The van der Waals surface area contributed by atoms with Crippen molar-refractivity contribution in [3.05, 3.63) is 52.8 Å². The molecule has 21 heavy (non-hydrogen) atoms. The first-order valence-electron chi connectivity index (χ1n) is 6.62. The maximum Gasteiger partial charge on any atom is 0.186 e. The quantitative estimate of drug-likeness (QED) is 0.516. The minimum absolute atomic E-state index is 0.505. The van der Waals surface area contributed by atoms with Crippen LogP contribution in [0.1, 0.15) is 18.2 Å². The molecule has 2 N–H and O–H groups in total. The number of hydrogen-bond donors (Lipinski definition) is 2. The Balaban J connectivity index is 2.16. The van der Waals surface area contributed by atoms with Crippen molar-refractivity contribution in [2.75, 3.05) is 6.54 Å². The average Bonchev–Trinajstić information content (AvgIpc) is 2.91. The highest BCUT2D eigenvalue weighted by Gasteiger charge is 2.03. The molecule has 0 aliphatic rings. The van der Waals surface area contributed by atoms with Gasteiger partial charge in [0.2, 0.25) is 0 Å². The number of halogens is 1. The molecule has 0 fully saturated rings. The molecule has 0 unspecified atom stereocenters. The number of benzene rings is 1. The van der Waals surface area contributed by atoms with E-state index in [1.54, 1.807) is 6.21 Å². The summed E-state index contributed by atoms with van der Waals surface area (Å²) in [5.41, 5.74) is 5.75. The Labute approximate surface area is 134 Å². The first-order chi connectivity index (χ1) is 10.1. The summed E-state index contributed by atoms with van der Waals surface area (Å²) >= 11 is 11.2. The molecule has 110 valence electrons. The summed E-state index contributed by atoms with van der Waals surface area (Å²) in [7, 11) is 0. The van der Waals surface area contributed by atoms with Crippen molar-refractivity contribution in [3.63, 3.8) is 0 Å². The zero-order valence-electron chi connectivity index (χ0n) is 11.9. The molecule has 2 aromatic rings. The van der Waals surface area contributed by atoms with Gasteiger partial charge in [-0.1, -0.05) is 17.7 Å². The largest absolute Gasteiger partial charge is 0.362 e. The monoisotopic (exact) mass is 320 g/mol. The second-order valence-electron chi connectivity index (χ2n) is 4.47. The normalized spacial score (nSPS) is 10.8. The second-order valence-corrected chi connectivity index (χ2v) is 5.28. The van der Waals surface area contributed by atoms with Crippen molar-refractivity contribution in [3.8, 4) is 5.69 Å². The lowest BCUT2D eigenvalue weighted by atomic mass is 10.2. The Bertz CT molecular complexity index is 663. The Morgan fingerprint density at radius 3 is 2.95 bits per heavy atom. The van der Waals surface area contributed by atoms with Gasteiger partial charge in [-0.15, -0.1) is 0 Å². The third kappa shape index (κ3) is 4.06. The van der Waals surface area contributed by atoms with Gasteiger partial charge in [0.25, 0.3) is 0 Å². The van der Waals surface area contributed by atoms with Crippen LogP contribution in [0.2, 0.25) is 5.02 Å². The van der Waals surface area contributed by atoms with Crippen LogP contribution >= 0.6 is 23.8 Å². The number of nitrogens with zero attached hydrogens (tertiary/aromatic N) is 2. The first kappa shape index (κ1) is 15.5. The van der Waals surface area contributed by atoms with E-state index in [9.17, 15) is 0 Å². The lowest BCUT2D eigenvalue weighted by Crippen LogP contribution is -2.31. The molecular formula is C15H17ClN4S. The number of hydrogen-bond acceptors (Lipinski definition) is 2. The minimum Gasteiger partial charge on any atom is -0.362 e. The Kier molecular flexibility index (Phi) is 5.36. The maximum absolute atomic E-state index is 6.18. The predicted molar refractivity (Wildman–Crippen MR) is 92.5 cm³/mol.